The number of rotatable bonds is 4. The van der Waals surface area contributed by atoms with Gasteiger partial charge in [-0.05, 0) is 6.07 Å². The average Bonchev–Trinajstić information content (AvgIpc) is 2.30. The molecule has 0 aromatic heterocycles. The van der Waals surface area contributed by atoms with E-state index in [2.05, 4.69) is 5.32 Å². The zero-order chi connectivity index (χ0) is 13.0. The Kier molecular flexibility index (Phi) is 4.72. The summed E-state index contributed by atoms with van der Waals surface area (Å²) in [6.45, 7) is 1.67. The van der Waals surface area contributed by atoms with Crippen LogP contribution in [0.4, 0.5) is 11.4 Å². The second-order valence-electron chi connectivity index (χ2n) is 3.47. The fourth-order valence-electron chi connectivity index (χ4n) is 1.04. The van der Waals surface area contributed by atoms with Gasteiger partial charge in [0.15, 0.2) is 0 Å². The molecule has 0 saturated carbocycles. The Bertz CT molecular complexity index is 451. The summed E-state index contributed by atoms with van der Waals surface area (Å²) in [6, 6.07) is 3.84. The van der Waals surface area contributed by atoms with Gasteiger partial charge in [0, 0.05) is 23.9 Å². The van der Waals surface area contributed by atoms with E-state index in [1.165, 1.54) is 18.2 Å². The highest BCUT2D eigenvalue weighted by atomic mass is 35.5. The second kappa shape index (κ2) is 5.84. The van der Waals surface area contributed by atoms with Gasteiger partial charge in [-0.15, -0.1) is 11.6 Å². The molecule has 1 N–H and O–H groups in total. The molecular formula is C10H10Cl2N2O3. The molecule has 0 aliphatic carbocycles. The minimum atomic E-state index is -0.557. The normalized spacial score (nSPS) is 11.9. The van der Waals surface area contributed by atoms with E-state index in [-0.39, 0.29) is 28.4 Å². The van der Waals surface area contributed by atoms with Crippen molar-refractivity contribution in [3.05, 3.63) is 33.3 Å². The van der Waals surface area contributed by atoms with E-state index in [4.69, 9.17) is 23.2 Å². The molecular weight excluding hydrogens is 267 g/mol. The van der Waals surface area contributed by atoms with E-state index in [1.807, 2.05) is 0 Å². The van der Waals surface area contributed by atoms with Gasteiger partial charge in [-0.1, -0.05) is 18.5 Å². The molecule has 0 aliphatic heterocycles. The summed E-state index contributed by atoms with van der Waals surface area (Å²) in [6.07, 6.45) is 0. The van der Waals surface area contributed by atoms with E-state index in [9.17, 15) is 14.9 Å². The monoisotopic (exact) mass is 276 g/mol. The van der Waals surface area contributed by atoms with E-state index in [0.717, 1.165) is 0 Å². The van der Waals surface area contributed by atoms with Crippen LogP contribution in [0, 0.1) is 16.0 Å². The number of amides is 1. The van der Waals surface area contributed by atoms with Crippen molar-refractivity contribution in [1.82, 2.24) is 0 Å². The summed E-state index contributed by atoms with van der Waals surface area (Å²) in [5, 5.41) is 13.2. The Hall–Kier alpha value is -1.33. The highest BCUT2D eigenvalue weighted by Crippen LogP contribution is 2.26. The standard InChI is InChI=1S/C10H10Cl2N2O3/c1-6(5-11)10(15)13-9-3-2-7(14(16)17)4-8(9)12/h2-4,6H,5H2,1H3,(H,13,15). The van der Waals surface area contributed by atoms with Gasteiger partial charge >= 0.3 is 0 Å². The molecule has 1 amide bonds. The third kappa shape index (κ3) is 3.57. The van der Waals surface area contributed by atoms with Crippen molar-refractivity contribution in [1.29, 1.82) is 0 Å². The number of benzene rings is 1. The summed E-state index contributed by atoms with van der Waals surface area (Å²) >= 11 is 11.3. The topological polar surface area (TPSA) is 72.2 Å². The molecule has 1 atom stereocenters. The van der Waals surface area contributed by atoms with Gasteiger partial charge in [0.2, 0.25) is 5.91 Å². The van der Waals surface area contributed by atoms with Crippen LogP contribution in [0.2, 0.25) is 5.02 Å². The van der Waals surface area contributed by atoms with Gasteiger partial charge in [-0.25, -0.2) is 0 Å². The predicted molar refractivity (Wildman–Crippen MR) is 66.6 cm³/mol. The van der Waals surface area contributed by atoms with E-state index in [1.54, 1.807) is 6.92 Å². The molecule has 1 unspecified atom stereocenters. The van der Waals surface area contributed by atoms with Crippen LogP contribution < -0.4 is 5.32 Å². The summed E-state index contributed by atoms with van der Waals surface area (Å²) < 4.78 is 0. The smallest absolute Gasteiger partial charge is 0.271 e. The number of nitrogens with one attached hydrogen (secondary N) is 1. The molecule has 1 rings (SSSR count). The Labute approximate surface area is 108 Å². The number of carbonyl (C=O) groups is 1. The summed E-state index contributed by atoms with van der Waals surface area (Å²) in [4.78, 5) is 21.5. The number of nitrogens with zero attached hydrogens (tertiary/aromatic N) is 1. The van der Waals surface area contributed by atoms with Crippen molar-refractivity contribution in [2.45, 2.75) is 6.92 Å². The Morgan fingerprint density at radius 1 is 1.59 bits per heavy atom. The SMILES string of the molecule is CC(CCl)C(=O)Nc1ccc([N+](=O)[O-])cc1Cl. The van der Waals surface area contributed by atoms with Gasteiger partial charge in [0.05, 0.1) is 15.6 Å². The Morgan fingerprint density at radius 2 is 2.24 bits per heavy atom. The van der Waals surface area contributed by atoms with Gasteiger partial charge in [-0.3, -0.25) is 14.9 Å². The minimum absolute atomic E-state index is 0.120. The Balaban J connectivity index is 2.86. The van der Waals surface area contributed by atoms with Crippen LogP contribution in [-0.4, -0.2) is 16.7 Å². The number of non-ortho nitro benzene ring substituents is 1. The maximum Gasteiger partial charge on any atom is 0.271 e. The van der Waals surface area contributed by atoms with Gasteiger partial charge in [0.25, 0.3) is 5.69 Å². The lowest BCUT2D eigenvalue weighted by Crippen LogP contribution is -2.21. The number of alkyl halides is 1. The van der Waals surface area contributed by atoms with Crippen molar-refractivity contribution in [3.63, 3.8) is 0 Å². The number of anilines is 1. The van der Waals surface area contributed by atoms with Crippen LogP contribution in [0.3, 0.4) is 0 Å². The molecule has 1 aromatic rings. The lowest BCUT2D eigenvalue weighted by atomic mass is 10.2. The maximum atomic E-state index is 11.5. The molecule has 0 spiro atoms. The zero-order valence-corrected chi connectivity index (χ0v) is 10.5. The van der Waals surface area contributed by atoms with Gasteiger partial charge < -0.3 is 5.32 Å². The van der Waals surface area contributed by atoms with E-state index < -0.39 is 4.92 Å². The number of hydrogen-bond donors (Lipinski definition) is 1. The average molecular weight is 277 g/mol. The summed E-state index contributed by atoms with van der Waals surface area (Å²) in [5.41, 5.74) is 0.206. The van der Waals surface area contributed by atoms with Crippen molar-refractivity contribution < 1.29 is 9.72 Å². The fourth-order valence-corrected chi connectivity index (χ4v) is 1.41. The molecule has 0 bridgehead atoms. The lowest BCUT2D eigenvalue weighted by Gasteiger charge is -2.10. The van der Waals surface area contributed by atoms with Crippen molar-refractivity contribution in [2.24, 2.45) is 5.92 Å². The third-order valence-corrected chi connectivity index (χ3v) is 2.88. The molecule has 17 heavy (non-hydrogen) atoms. The minimum Gasteiger partial charge on any atom is -0.324 e. The molecule has 0 radical (unpaired) electrons. The second-order valence-corrected chi connectivity index (χ2v) is 4.18. The van der Waals surface area contributed by atoms with Crippen LogP contribution >= 0.6 is 23.2 Å². The van der Waals surface area contributed by atoms with Crippen LogP contribution in [0.1, 0.15) is 6.92 Å². The largest absolute Gasteiger partial charge is 0.324 e. The predicted octanol–water partition coefficient (Wildman–Crippen LogP) is 3.06. The number of nitro groups is 1. The highest BCUT2D eigenvalue weighted by molar-refractivity contribution is 6.34. The van der Waals surface area contributed by atoms with Gasteiger partial charge in [-0.2, -0.15) is 0 Å². The molecule has 0 saturated heterocycles. The molecule has 0 heterocycles. The first-order valence-electron chi connectivity index (χ1n) is 4.76. The summed E-state index contributed by atoms with van der Waals surface area (Å²) in [7, 11) is 0. The molecule has 5 nitrogen and oxygen atoms in total. The number of halogens is 2. The molecule has 0 aliphatic rings. The zero-order valence-electron chi connectivity index (χ0n) is 8.94. The number of hydrogen-bond acceptors (Lipinski definition) is 3. The van der Waals surface area contributed by atoms with E-state index >= 15 is 0 Å². The van der Waals surface area contributed by atoms with Crippen molar-refractivity contribution in [2.75, 3.05) is 11.2 Å². The van der Waals surface area contributed by atoms with Crippen LogP contribution in [0.25, 0.3) is 0 Å². The number of carbonyl (C=O) groups excluding carboxylic acids is 1. The Morgan fingerprint density at radius 3 is 2.71 bits per heavy atom. The molecule has 1 aromatic carbocycles. The van der Waals surface area contributed by atoms with Gasteiger partial charge in [0.1, 0.15) is 0 Å². The number of nitro benzene ring substituents is 1. The highest BCUT2D eigenvalue weighted by Gasteiger charge is 2.15. The molecule has 92 valence electrons. The first-order valence-corrected chi connectivity index (χ1v) is 5.67. The van der Waals surface area contributed by atoms with Crippen molar-refractivity contribution >= 4 is 40.5 Å². The van der Waals surface area contributed by atoms with Crippen LogP contribution in [0.5, 0.6) is 0 Å². The van der Waals surface area contributed by atoms with Crippen molar-refractivity contribution in [3.8, 4) is 0 Å². The van der Waals surface area contributed by atoms with Crippen LogP contribution in [-0.2, 0) is 4.79 Å². The third-order valence-electron chi connectivity index (χ3n) is 2.10. The molecule has 0 fully saturated rings. The molecule has 7 heteroatoms. The lowest BCUT2D eigenvalue weighted by molar-refractivity contribution is -0.384. The fraction of sp³-hybridized carbons (Fsp3) is 0.300. The first kappa shape index (κ1) is 13.7. The first-order chi connectivity index (χ1) is 7.95. The summed E-state index contributed by atoms with van der Waals surface area (Å²) in [5.74, 6) is -0.449. The van der Waals surface area contributed by atoms with Crippen LogP contribution in [0.15, 0.2) is 18.2 Å². The quantitative estimate of drug-likeness (QED) is 0.522. The maximum absolute atomic E-state index is 11.5. The van der Waals surface area contributed by atoms with E-state index in [0.29, 0.717) is 5.69 Å².